The van der Waals surface area contributed by atoms with E-state index in [0.717, 1.165) is 0 Å². The van der Waals surface area contributed by atoms with Gasteiger partial charge in [-0.2, -0.15) is 4.31 Å². The van der Waals surface area contributed by atoms with E-state index >= 15 is 4.39 Å². The van der Waals surface area contributed by atoms with Gasteiger partial charge in [0, 0.05) is 49.2 Å². The molecule has 3 aliphatic heterocycles. The Kier molecular flexibility index (Phi) is 6.14. The van der Waals surface area contributed by atoms with E-state index in [1.165, 1.54) is 21.3 Å². The molecule has 2 saturated heterocycles. The zero-order valence-electron chi connectivity index (χ0n) is 18.5. The van der Waals surface area contributed by atoms with Crippen molar-refractivity contribution >= 4 is 49.4 Å². The fourth-order valence-electron chi connectivity index (χ4n) is 4.78. The van der Waals surface area contributed by atoms with Crippen LogP contribution in [0, 0.1) is 5.82 Å². The van der Waals surface area contributed by atoms with Crippen molar-refractivity contribution in [3.05, 3.63) is 57.8 Å². The summed E-state index contributed by atoms with van der Waals surface area (Å²) in [6.07, 6.45) is 0.372. The standard InChI is InChI=1S/C23H22BrFN4O5S/c24-16-3-1-2-4-20(16)35(33,34)28-9-7-27(8-10-28)19-11-14-13-29(23(32)15(14)12-17(19)25)18-5-6-21(30)26-22(18)31/h1-4,11-12,18H,5-10,13H2,(H,26,30,31). The molecule has 0 bridgehead atoms. The number of piperidine rings is 1. The molecule has 0 spiro atoms. The van der Waals surface area contributed by atoms with E-state index in [1.807, 2.05) is 0 Å². The quantitative estimate of drug-likeness (QED) is 0.568. The molecule has 0 aliphatic carbocycles. The van der Waals surface area contributed by atoms with Gasteiger partial charge in [0.05, 0.1) is 10.6 Å². The number of hydrogen-bond donors (Lipinski definition) is 1. The number of hydrogen-bond acceptors (Lipinski definition) is 6. The molecule has 1 unspecified atom stereocenters. The highest BCUT2D eigenvalue weighted by molar-refractivity contribution is 9.10. The van der Waals surface area contributed by atoms with Gasteiger partial charge in [-0.3, -0.25) is 19.7 Å². The Hall–Kier alpha value is -2.83. The average molecular weight is 565 g/mol. The molecular formula is C23H22BrFN4O5S. The van der Waals surface area contributed by atoms with Crippen LogP contribution in [-0.4, -0.2) is 67.6 Å². The number of anilines is 1. The molecule has 0 saturated carbocycles. The van der Waals surface area contributed by atoms with Crippen LogP contribution in [0.3, 0.4) is 0 Å². The van der Waals surface area contributed by atoms with Crippen LogP contribution < -0.4 is 10.2 Å². The van der Waals surface area contributed by atoms with Crippen molar-refractivity contribution in [2.45, 2.75) is 30.3 Å². The van der Waals surface area contributed by atoms with Gasteiger partial charge in [-0.25, -0.2) is 12.8 Å². The average Bonchev–Trinajstić information content (AvgIpc) is 3.14. The molecule has 184 valence electrons. The van der Waals surface area contributed by atoms with E-state index in [-0.39, 0.29) is 61.9 Å². The van der Waals surface area contributed by atoms with Gasteiger partial charge in [-0.05, 0) is 52.2 Å². The highest BCUT2D eigenvalue weighted by Gasteiger charge is 2.40. The predicted octanol–water partition coefficient (Wildman–Crippen LogP) is 1.86. The molecule has 1 atom stereocenters. The van der Waals surface area contributed by atoms with Crippen molar-refractivity contribution in [1.29, 1.82) is 0 Å². The summed E-state index contributed by atoms with van der Waals surface area (Å²) in [5, 5.41) is 2.25. The van der Waals surface area contributed by atoms with Gasteiger partial charge in [0.15, 0.2) is 0 Å². The number of fused-ring (bicyclic) bond motifs is 1. The lowest BCUT2D eigenvalue weighted by Gasteiger charge is -2.35. The zero-order chi connectivity index (χ0) is 24.9. The van der Waals surface area contributed by atoms with E-state index in [4.69, 9.17) is 0 Å². The smallest absolute Gasteiger partial charge is 0.255 e. The Bertz CT molecular complexity index is 1340. The molecule has 5 rings (SSSR count). The van der Waals surface area contributed by atoms with Gasteiger partial charge in [0.25, 0.3) is 5.91 Å². The first kappa shape index (κ1) is 23.9. The second kappa shape index (κ2) is 8.99. The number of piperazine rings is 1. The summed E-state index contributed by atoms with van der Waals surface area (Å²) in [7, 11) is -3.70. The zero-order valence-corrected chi connectivity index (χ0v) is 20.9. The molecule has 2 aromatic rings. The predicted molar refractivity (Wildman–Crippen MR) is 128 cm³/mol. The first-order valence-corrected chi connectivity index (χ1v) is 13.4. The second-order valence-corrected chi connectivity index (χ2v) is 11.4. The summed E-state index contributed by atoms with van der Waals surface area (Å²) in [4.78, 5) is 39.9. The molecule has 35 heavy (non-hydrogen) atoms. The van der Waals surface area contributed by atoms with Gasteiger partial charge in [-0.15, -0.1) is 0 Å². The Morgan fingerprint density at radius 2 is 1.74 bits per heavy atom. The minimum Gasteiger partial charge on any atom is -0.367 e. The van der Waals surface area contributed by atoms with E-state index in [1.54, 1.807) is 29.2 Å². The molecule has 12 heteroatoms. The van der Waals surface area contributed by atoms with Crippen molar-refractivity contribution in [3.63, 3.8) is 0 Å². The van der Waals surface area contributed by atoms with Gasteiger partial charge in [-0.1, -0.05) is 12.1 Å². The molecule has 0 radical (unpaired) electrons. The van der Waals surface area contributed by atoms with Gasteiger partial charge in [0.2, 0.25) is 21.8 Å². The number of sulfonamides is 1. The lowest BCUT2D eigenvalue weighted by atomic mass is 10.0. The monoisotopic (exact) mass is 564 g/mol. The number of nitrogens with one attached hydrogen (secondary N) is 1. The van der Waals surface area contributed by atoms with Crippen molar-refractivity contribution < 1.29 is 27.2 Å². The number of halogens is 2. The number of imide groups is 1. The Balaban J connectivity index is 1.32. The maximum atomic E-state index is 15.1. The molecule has 9 nitrogen and oxygen atoms in total. The molecule has 0 aromatic heterocycles. The molecule has 2 aromatic carbocycles. The van der Waals surface area contributed by atoms with E-state index in [0.29, 0.717) is 15.7 Å². The Labute approximate surface area is 210 Å². The number of rotatable bonds is 4. The third-order valence-corrected chi connectivity index (χ3v) is 9.54. The van der Waals surface area contributed by atoms with Crippen LogP contribution >= 0.6 is 15.9 Å². The van der Waals surface area contributed by atoms with Crippen LogP contribution in [0.5, 0.6) is 0 Å². The van der Waals surface area contributed by atoms with Crippen LogP contribution in [-0.2, 0) is 26.2 Å². The summed E-state index contributed by atoms with van der Waals surface area (Å²) in [5.41, 5.74) is 1.09. The lowest BCUT2D eigenvalue weighted by molar-refractivity contribution is -0.136. The number of nitrogens with zero attached hydrogens (tertiary/aromatic N) is 3. The molecule has 3 heterocycles. The van der Waals surface area contributed by atoms with Crippen molar-refractivity contribution in [2.24, 2.45) is 0 Å². The summed E-state index contributed by atoms with van der Waals surface area (Å²) in [6, 6.07) is 8.62. The van der Waals surface area contributed by atoms with Gasteiger partial charge < -0.3 is 9.80 Å². The normalized spacial score (nSPS) is 21.3. The van der Waals surface area contributed by atoms with Crippen LogP contribution in [0.15, 0.2) is 45.8 Å². The fraction of sp³-hybridized carbons (Fsp3) is 0.348. The fourth-order valence-corrected chi connectivity index (χ4v) is 7.17. The maximum absolute atomic E-state index is 15.1. The summed E-state index contributed by atoms with van der Waals surface area (Å²) >= 11 is 3.29. The van der Waals surface area contributed by atoms with Crippen LogP contribution in [0.25, 0.3) is 0 Å². The number of carbonyl (C=O) groups is 3. The van der Waals surface area contributed by atoms with Gasteiger partial charge in [0.1, 0.15) is 11.9 Å². The second-order valence-electron chi connectivity index (χ2n) is 8.68. The van der Waals surface area contributed by atoms with Crippen molar-refractivity contribution in [3.8, 4) is 0 Å². The third kappa shape index (κ3) is 4.23. The molecule has 3 amide bonds. The first-order chi connectivity index (χ1) is 16.7. The van der Waals surface area contributed by atoms with E-state index in [2.05, 4.69) is 21.2 Å². The summed E-state index contributed by atoms with van der Waals surface area (Å²) < 4.78 is 43.0. The maximum Gasteiger partial charge on any atom is 0.255 e. The molecular weight excluding hydrogens is 543 g/mol. The minimum absolute atomic E-state index is 0.142. The SMILES string of the molecule is O=C1CCC(N2Cc3cc(N4CCN(S(=O)(=O)c5ccccc5Br)CC4)c(F)cc3C2=O)C(=O)N1. The van der Waals surface area contributed by atoms with Crippen LogP contribution in [0.1, 0.15) is 28.8 Å². The highest BCUT2D eigenvalue weighted by Crippen LogP contribution is 2.33. The number of carbonyl (C=O) groups excluding carboxylic acids is 3. The highest BCUT2D eigenvalue weighted by atomic mass is 79.9. The van der Waals surface area contributed by atoms with Crippen molar-refractivity contribution in [1.82, 2.24) is 14.5 Å². The molecule has 1 N–H and O–H groups in total. The number of amides is 3. The van der Waals surface area contributed by atoms with Crippen molar-refractivity contribution in [2.75, 3.05) is 31.1 Å². The van der Waals surface area contributed by atoms with Crippen LogP contribution in [0.4, 0.5) is 10.1 Å². The largest absolute Gasteiger partial charge is 0.367 e. The topological polar surface area (TPSA) is 107 Å². The first-order valence-electron chi connectivity index (χ1n) is 11.1. The summed E-state index contributed by atoms with van der Waals surface area (Å²) in [6.45, 7) is 1.07. The summed E-state index contributed by atoms with van der Waals surface area (Å²) in [5.74, 6) is -1.91. The Morgan fingerprint density at radius 1 is 1.03 bits per heavy atom. The third-order valence-electron chi connectivity index (χ3n) is 6.62. The van der Waals surface area contributed by atoms with E-state index in [9.17, 15) is 22.8 Å². The Morgan fingerprint density at radius 3 is 2.43 bits per heavy atom. The number of benzene rings is 2. The van der Waals surface area contributed by atoms with Crippen LogP contribution in [0.2, 0.25) is 0 Å². The van der Waals surface area contributed by atoms with Gasteiger partial charge >= 0.3 is 0 Å². The lowest BCUT2D eigenvalue weighted by Crippen LogP contribution is -2.52. The van der Waals surface area contributed by atoms with E-state index < -0.39 is 33.7 Å². The molecule has 3 aliphatic rings. The molecule has 2 fully saturated rings. The minimum atomic E-state index is -3.70.